The Morgan fingerprint density at radius 3 is 2.42 bits per heavy atom. The fourth-order valence-corrected chi connectivity index (χ4v) is 1.73. The van der Waals surface area contributed by atoms with Crippen molar-refractivity contribution < 1.29 is 9.26 Å². The van der Waals surface area contributed by atoms with Gasteiger partial charge in [-0.2, -0.15) is 0 Å². The normalized spacial score (nSPS) is 11.6. The molecule has 0 aliphatic carbocycles. The molecule has 102 valence electrons. The molecule has 4 nitrogen and oxygen atoms in total. The molecule has 19 heavy (non-hydrogen) atoms. The number of aromatic nitrogens is 1. The minimum absolute atomic E-state index is 0.152. The van der Waals surface area contributed by atoms with Gasteiger partial charge < -0.3 is 15.0 Å². The molecule has 2 rings (SSSR count). The molecule has 0 amide bonds. The van der Waals surface area contributed by atoms with Crippen molar-refractivity contribution in [1.29, 1.82) is 0 Å². The molecule has 0 fully saturated rings. The zero-order chi connectivity index (χ0) is 13.9. The van der Waals surface area contributed by atoms with Crippen LogP contribution in [-0.2, 0) is 18.6 Å². The second kappa shape index (κ2) is 5.45. The molecule has 0 atom stereocenters. The number of nitrogens with two attached hydrogens (primary N) is 1. The van der Waals surface area contributed by atoms with E-state index < -0.39 is 0 Å². The van der Waals surface area contributed by atoms with E-state index in [0.29, 0.717) is 18.9 Å². The molecule has 0 saturated carbocycles. The summed E-state index contributed by atoms with van der Waals surface area (Å²) < 4.78 is 10.7. The van der Waals surface area contributed by atoms with E-state index in [-0.39, 0.29) is 5.41 Å². The zero-order valence-corrected chi connectivity index (χ0v) is 11.6. The van der Waals surface area contributed by atoms with Crippen LogP contribution in [0.5, 0.6) is 5.75 Å². The molecule has 0 aliphatic heterocycles. The van der Waals surface area contributed by atoms with E-state index in [0.717, 1.165) is 11.4 Å². The van der Waals surface area contributed by atoms with E-state index in [1.807, 2.05) is 18.2 Å². The predicted octanol–water partition coefficient (Wildman–Crippen LogP) is 3.01. The summed E-state index contributed by atoms with van der Waals surface area (Å²) in [5.41, 5.74) is 7.64. The van der Waals surface area contributed by atoms with Crippen molar-refractivity contribution in [1.82, 2.24) is 5.16 Å². The maximum absolute atomic E-state index is 5.64. The van der Waals surface area contributed by atoms with E-state index in [1.54, 1.807) is 0 Å². The average molecular weight is 260 g/mol. The maximum atomic E-state index is 5.64. The fourth-order valence-electron chi connectivity index (χ4n) is 1.73. The number of ether oxygens (including phenoxy) is 1. The smallest absolute Gasteiger partial charge is 0.174 e. The van der Waals surface area contributed by atoms with E-state index in [1.165, 1.54) is 5.56 Å². The van der Waals surface area contributed by atoms with Gasteiger partial charge in [0.1, 0.15) is 12.4 Å². The lowest BCUT2D eigenvalue weighted by Crippen LogP contribution is -2.10. The highest BCUT2D eigenvalue weighted by Crippen LogP contribution is 2.24. The van der Waals surface area contributed by atoms with Crippen molar-refractivity contribution in [3.63, 3.8) is 0 Å². The fraction of sp³-hybridized carbons (Fsp3) is 0.400. The van der Waals surface area contributed by atoms with Crippen LogP contribution >= 0.6 is 0 Å². The first-order chi connectivity index (χ1) is 8.99. The second-order valence-electron chi connectivity index (χ2n) is 5.55. The van der Waals surface area contributed by atoms with E-state index >= 15 is 0 Å². The largest absolute Gasteiger partial charge is 0.486 e. The van der Waals surface area contributed by atoms with Crippen LogP contribution in [0.3, 0.4) is 0 Å². The van der Waals surface area contributed by atoms with Crippen LogP contribution in [0, 0.1) is 0 Å². The third kappa shape index (κ3) is 3.58. The highest BCUT2D eigenvalue weighted by Gasteiger charge is 2.13. The van der Waals surface area contributed by atoms with Gasteiger partial charge in [0.25, 0.3) is 0 Å². The highest BCUT2D eigenvalue weighted by atomic mass is 16.5. The topological polar surface area (TPSA) is 61.3 Å². The zero-order valence-electron chi connectivity index (χ0n) is 11.6. The average Bonchev–Trinajstić information content (AvgIpc) is 2.84. The van der Waals surface area contributed by atoms with Gasteiger partial charge in [0.15, 0.2) is 5.76 Å². The molecule has 2 N–H and O–H groups in total. The summed E-state index contributed by atoms with van der Waals surface area (Å²) >= 11 is 0. The van der Waals surface area contributed by atoms with Gasteiger partial charge >= 0.3 is 0 Å². The van der Waals surface area contributed by atoms with Gasteiger partial charge in [0, 0.05) is 12.6 Å². The Bertz CT molecular complexity index is 524. The molecule has 2 aromatic rings. The Kier molecular flexibility index (Phi) is 3.90. The number of benzene rings is 1. The minimum Gasteiger partial charge on any atom is -0.486 e. The summed E-state index contributed by atoms with van der Waals surface area (Å²) in [4.78, 5) is 0. The van der Waals surface area contributed by atoms with E-state index in [9.17, 15) is 0 Å². The number of rotatable bonds is 4. The van der Waals surface area contributed by atoms with Crippen molar-refractivity contribution in [3.05, 3.63) is 47.3 Å². The van der Waals surface area contributed by atoms with E-state index in [2.05, 4.69) is 38.1 Å². The summed E-state index contributed by atoms with van der Waals surface area (Å²) in [5, 5.41) is 3.81. The Morgan fingerprint density at radius 2 is 1.89 bits per heavy atom. The molecule has 4 heteroatoms. The molecule has 1 heterocycles. The number of hydrogen-bond donors (Lipinski definition) is 1. The molecule has 0 bridgehead atoms. The molecule has 1 aromatic carbocycles. The van der Waals surface area contributed by atoms with Gasteiger partial charge in [-0.3, -0.25) is 0 Å². The van der Waals surface area contributed by atoms with Crippen LogP contribution in [0.1, 0.15) is 37.8 Å². The Morgan fingerprint density at radius 1 is 1.21 bits per heavy atom. The van der Waals surface area contributed by atoms with E-state index in [4.69, 9.17) is 15.0 Å². The lowest BCUT2D eigenvalue weighted by atomic mass is 9.87. The standard InChI is InChI=1S/C15H20N2O2/c1-15(2,3)11-4-6-13(7-5-11)18-10-14-8-12(9-16)17-19-14/h4-8H,9-10,16H2,1-3H3. The van der Waals surface area contributed by atoms with Gasteiger partial charge in [0.2, 0.25) is 0 Å². The Balaban J connectivity index is 1.96. The molecule has 0 saturated heterocycles. The highest BCUT2D eigenvalue weighted by molar-refractivity contribution is 5.31. The van der Waals surface area contributed by atoms with Crippen molar-refractivity contribution in [2.24, 2.45) is 5.73 Å². The Hall–Kier alpha value is -1.81. The molecule has 1 aromatic heterocycles. The molecule has 0 aliphatic rings. The predicted molar refractivity (Wildman–Crippen MR) is 73.9 cm³/mol. The van der Waals surface area contributed by atoms with Gasteiger partial charge in [0.05, 0.1) is 5.69 Å². The lowest BCUT2D eigenvalue weighted by Gasteiger charge is -2.19. The molecular formula is C15H20N2O2. The Labute approximate surface area is 113 Å². The summed E-state index contributed by atoms with van der Waals surface area (Å²) in [7, 11) is 0. The third-order valence-electron chi connectivity index (χ3n) is 2.92. The van der Waals surface area contributed by atoms with Crippen LogP contribution < -0.4 is 10.5 Å². The van der Waals surface area contributed by atoms with Gasteiger partial charge in [-0.1, -0.05) is 38.1 Å². The van der Waals surface area contributed by atoms with Crippen molar-refractivity contribution in [2.45, 2.75) is 39.3 Å². The van der Waals surface area contributed by atoms with Crippen LogP contribution in [0.4, 0.5) is 0 Å². The SMILES string of the molecule is CC(C)(C)c1ccc(OCc2cc(CN)no2)cc1. The van der Waals surface area contributed by atoms with Crippen molar-refractivity contribution >= 4 is 0 Å². The first-order valence-electron chi connectivity index (χ1n) is 6.37. The van der Waals surface area contributed by atoms with Gasteiger partial charge in [-0.05, 0) is 23.1 Å². The third-order valence-corrected chi connectivity index (χ3v) is 2.92. The summed E-state index contributed by atoms with van der Waals surface area (Å²) in [6.45, 7) is 7.30. The molecule has 0 unspecified atom stereocenters. The minimum atomic E-state index is 0.152. The first kappa shape index (κ1) is 13.6. The number of nitrogens with zero attached hydrogens (tertiary/aromatic N) is 1. The molecule has 0 radical (unpaired) electrons. The summed E-state index contributed by atoms with van der Waals surface area (Å²) in [6.07, 6.45) is 0. The van der Waals surface area contributed by atoms with Gasteiger partial charge in [-0.25, -0.2) is 0 Å². The first-order valence-corrected chi connectivity index (χ1v) is 6.37. The number of hydrogen-bond acceptors (Lipinski definition) is 4. The van der Waals surface area contributed by atoms with Crippen LogP contribution in [0.15, 0.2) is 34.9 Å². The van der Waals surface area contributed by atoms with Crippen LogP contribution in [0.2, 0.25) is 0 Å². The van der Waals surface area contributed by atoms with Gasteiger partial charge in [-0.15, -0.1) is 0 Å². The van der Waals surface area contributed by atoms with Crippen LogP contribution in [0.25, 0.3) is 0 Å². The monoisotopic (exact) mass is 260 g/mol. The summed E-state index contributed by atoms with van der Waals surface area (Å²) in [6, 6.07) is 9.92. The van der Waals surface area contributed by atoms with Crippen molar-refractivity contribution in [3.8, 4) is 5.75 Å². The van der Waals surface area contributed by atoms with Crippen LogP contribution in [-0.4, -0.2) is 5.16 Å². The van der Waals surface area contributed by atoms with Crippen molar-refractivity contribution in [2.75, 3.05) is 0 Å². The maximum Gasteiger partial charge on any atom is 0.174 e. The molecular weight excluding hydrogens is 240 g/mol. The quantitative estimate of drug-likeness (QED) is 0.918. The molecule has 0 spiro atoms. The lowest BCUT2D eigenvalue weighted by molar-refractivity contribution is 0.248. The second-order valence-corrected chi connectivity index (χ2v) is 5.55. The summed E-state index contributed by atoms with van der Waals surface area (Å²) in [5.74, 6) is 1.50.